The largest absolute Gasteiger partial charge is 0.497 e. The first-order valence-electron chi connectivity index (χ1n) is 19.5. The highest BCUT2D eigenvalue weighted by molar-refractivity contribution is 9.10. The van der Waals surface area contributed by atoms with Gasteiger partial charge in [0.15, 0.2) is 5.78 Å². The van der Waals surface area contributed by atoms with E-state index < -0.39 is 6.04 Å². The molecule has 1 unspecified atom stereocenters. The molecule has 7 rings (SSSR count). The summed E-state index contributed by atoms with van der Waals surface area (Å²) in [5.41, 5.74) is 4.86. The third-order valence-electron chi connectivity index (χ3n) is 10.9. The number of imide groups is 1. The molecule has 0 aliphatic carbocycles. The molecule has 4 N–H and O–H groups in total. The molecule has 3 saturated heterocycles. The number of hydrogen-bond donors (Lipinski definition) is 4. The average Bonchev–Trinajstić information content (AvgIpc) is 3.24. The van der Waals surface area contributed by atoms with E-state index in [2.05, 4.69) is 69.1 Å². The number of halogens is 1. The summed E-state index contributed by atoms with van der Waals surface area (Å²) in [5, 5.41) is 12.1. The third-order valence-corrected chi connectivity index (χ3v) is 11.5. The van der Waals surface area contributed by atoms with Gasteiger partial charge in [0.05, 0.1) is 36.6 Å². The zero-order chi connectivity index (χ0) is 40.8. The van der Waals surface area contributed by atoms with Gasteiger partial charge in [-0.25, -0.2) is 4.98 Å². The lowest BCUT2D eigenvalue weighted by Gasteiger charge is -2.38. The van der Waals surface area contributed by atoms with Crippen LogP contribution in [0.3, 0.4) is 0 Å². The Balaban J connectivity index is 0.882. The number of likely N-dealkylation sites (tertiary alicyclic amines) is 1. The van der Waals surface area contributed by atoms with Gasteiger partial charge >= 0.3 is 0 Å². The Bertz CT molecular complexity index is 2150. The molecule has 1 atom stereocenters. The normalized spacial score (nSPS) is 17.7. The molecule has 58 heavy (non-hydrogen) atoms. The molecule has 0 spiro atoms. The molecule has 0 radical (unpaired) electrons. The number of piperazine rings is 1. The monoisotopic (exact) mass is 853 g/mol. The predicted molar refractivity (Wildman–Crippen MR) is 226 cm³/mol. The van der Waals surface area contributed by atoms with Crippen LogP contribution < -0.4 is 35.6 Å². The number of aromatic nitrogens is 2. The van der Waals surface area contributed by atoms with Gasteiger partial charge in [-0.15, -0.1) is 0 Å². The molecule has 304 valence electrons. The summed E-state index contributed by atoms with van der Waals surface area (Å²) in [6.07, 6.45) is 4.42. The summed E-state index contributed by atoms with van der Waals surface area (Å²) in [6.45, 7) is 6.33. The smallest absolute Gasteiger partial charge is 0.249 e. The summed E-state index contributed by atoms with van der Waals surface area (Å²) in [6, 6.07) is 19.0. The van der Waals surface area contributed by atoms with Crippen LogP contribution in [0.25, 0.3) is 0 Å². The minimum absolute atomic E-state index is 0.111. The summed E-state index contributed by atoms with van der Waals surface area (Å²) in [7, 11) is 3.17. The molecule has 0 bridgehead atoms. The van der Waals surface area contributed by atoms with Crippen LogP contribution >= 0.6 is 15.9 Å². The number of benzene rings is 3. The summed E-state index contributed by atoms with van der Waals surface area (Å²) < 4.78 is 11.7. The van der Waals surface area contributed by atoms with E-state index in [1.807, 2.05) is 35.2 Å². The number of carbonyl (C=O) groups is 4. The first kappa shape index (κ1) is 40.5. The van der Waals surface area contributed by atoms with Crippen molar-refractivity contribution in [2.45, 2.75) is 44.6 Å². The van der Waals surface area contributed by atoms with Gasteiger partial charge in [-0.3, -0.25) is 29.4 Å². The Morgan fingerprint density at radius 3 is 2.31 bits per heavy atom. The molecule has 3 amide bonds. The van der Waals surface area contributed by atoms with Crippen LogP contribution in [0.5, 0.6) is 11.5 Å². The molecule has 4 heterocycles. The van der Waals surface area contributed by atoms with Crippen LogP contribution in [0.2, 0.25) is 0 Å². The van der Waals surface area contributed by atoms with E-state index in [-0.39, 0.29) is 23.5 Å². The van der Waals surface area contributed by atoms with Crippen molar-refractivity contribution < 1.29 is 28.7 Å². The van der Waals surface area contributed by atoms with E-state index in [1.165, 1.54) is 12.5 Å². The third kappa shape index (κ3) is 9.68. The number of rotatable bonds is 13. The van der Waals surface area contributed by atoms with Crippen molar-refractivity contribution in [3.63, 3.8) is 0 Å². The number of anilines is 6. The molecule has 16 heteroatoms. The molecule has 4 aromatic rings. The van der Waals surface area contributed by atoms with Gasteiger partial charge in [-0.1, -0.05) is 12.1 Å². The second kappa shape index (κ2) is 18.2. The van der Waals surface area contributed by atoms with Gasteiger partial charge in [0.1, 0.15) is 23.4 Å². The van der Waals surface area contributed by atoms with Gasteiger partial charge < -0.3 is 35.2 Å². The van der Waals surface area contributed by atoms with E-state index in [9.17, 15) is 19.2 Å². The lowest BCUT2D eigenvalue weighted by atomic mass is 9.89. The number of nitrogens with zero attached hydrogens (tertiary/aromatic N) is 5. The number of piperidine rings is 2. The summed E-state index contributed by atoms with van der Waals surface area (Å²) >= 11 is 3.51. The standard InChI is InChI=1S/C42H48BrN9O6/c1-26(53)32-23-31(57-2)9-11-34(32)46-40-33(43)24-44-42(49-40)47-35-10-8-30(22-37(35)58-3)51-18-20-52(21-19-51)39(55)25-50-16-14-28(15-17-50)27-4-6-29(7-5-27)45-36-12-13-38(54)48-41(36)56/h4-11,22-24,28,36,45H,12-21,25H2,1-3H3,(H,48,54,56)(H2,44,46,47,49). The van der Waals surface area contributed by atoms with Crippen LogP contribution in [0, 0.1) is 0 Å². The van der Waals surface area contributed by atoms with Gasteiger partial charge in [-0.2, -0.15) is 4.98 Å². The predicted octanol–water partition coefficient (Wildman–Crippen LogP) is 5.69. The maximum atomic E-state index is 13.4. The van der Waals surface area contributed by atoms with Gasteiger partial charge in [0, 0.05) is 61.8 Å². The van der Waals surface area contributed by atoms with Crippen LogP contribution in [0.4, 0.5) is 34.5 Å². The fourth-order valence-corrected chi connectivity index (χ4v) is 7.90. The molecular weight excluding hydrogens is 806 g/mol. The van der Waals surface area contributed by atoms with Gasteiger partial charge in [0.2, 0.25) is 23.7 Å². The zero-order valence-electron chi connectivity index (χ0n) is 32.8. The SMILES string of the molecule is COc1ccc(Nc2nc(Nc3ccc(N4CCN(C(=O)CN5CCC(c6ccc(NC7CCC(=O)NC7=O)cc6)CC5)CC4)cc3OC)ncc2Br)c(C(C)=O)c1. The van der Waals surface area contributed by atoms with Crippen molar-refractivity contribution in [3.8, 4) is 11.5 Å². The lowest BCUT2D eigenvalue weighted by Crippen LogP contribution is -2.51. The molecule has 3 aliphatic heterocycles. The second-order valence-electron chi connectivity index (χ2n) is 14.7. The van der Waals surface area contributed by atoms with E-state index in [4.69, 9.17) is 9.47 Å². The Hall–Kier alpha value is -5.74. The molecule has 15 nitrogen and oxygen atoms in total. The highest BCUT2D eigenvalue weighted by Gasteiger charge is 2.28. The first-order chi connectivity index (χ1) is 28.1. The highest BCUT2D eigenvalue weighted by atomic mass is 79.9. The first-order valence-corrected chi connectivity index (χ1v) is 20.2. The maximum absolute atomic E-state index is 13.4. The minimum Gasteiger partial charge on any atom is -0.497 e. The van der Waals surface area contributed by atoms with Crippen LogP contribution in [-0.2, 0) is 14.4 Å². The van der Waals surface area contributed by atoms with Crippen molar-refractivity contribution in [2.24, 2.45) is 0 Å². The number of ketones is 1. The number of ether oxygens (including phenoxy) is 2. The van der Waals surface area contributed by atoms with Crippen molar-refractivity contribution in [3.05, 3.63) is 82.5 Å². The topological polar surface area (TPSA) is 170 Å². The molecule has 0 saturated carbocycles. The van der Waals surface area contributed by atoms with E-state index >= 15 is 0 Å². The van der Waals surface area contributed by atoms with E-state index in [1.54, 1.807) is 38.6 Å². The van der Waals surface area contributed by atoms with E-state index in [0.717, 1.165) is 37.3 Å². The Kier molecular flexibility index (Phi) is 12.7. The molecule has 3 aliphatic rings. The van der Waals surface area contributed by atoms with Crippen molar-refractivity contribution >= 4 is 74.0 Å². The molecule has 3 fully saturated rings. The van der Waals surface area contributed by atoms with E-state index in [0.29, 0.717) is 96.2 Å². The van der Waals surface area contributed by atoms with Crippen LogP contribution in [0.15, 0.2) is 71.3 Å². The van der Waals surface area contributed by atoms with Crippen molar-refractivity contribution in [2.75, 3.05) is 80.9 Å². The minimum atomic E-state index is -0.401. The number of methoxy groups -OCH3 is 2. The van der Waals surface area contributed by atoms with Crippen LogP contribution in [0.1, 0.15) is 54.4 Å². The van der Waals surface area contributed by atoms with Crippen LogP contribution in [-0.4, -0.2) is 109 Å². The maximum Gasteiger partial charge on any atom is 0.249 e. The fraction of sp³-hybridized carbons (Fsp3) is 0.381. The van der Waals surface area contributed by atoms with Crippen molar-refractivity contribution in [1.29, 1.82) is 0 Å². The Labute approximate surface area is 346 Å². The van der Waals surface area contributed by atoms with Crippen molar-refractivity contribution in [1.82, 2.24) is 25.1 Å². The molecule has 3 aromatic carbocycles. The summed E-state index contributed by atoms with van der Waals surface area (Å²) in [4.78, 5) is 64.9. The van der Waals surface area contributed by atoms with Gasteiger partial charge in [0.25, 0.3) is 0 Å². The number of Topliss-reactive ketones (excluding diaryl/α,β-unsaturated/α-hetero) is 1. The number of carbonyl (C=O) groups excluding carboxylic acids is 4. The molecular formula is C42H48BrN9O6. The lowest BCUT2D eigenvalue weighted by molar-refractivity contribution is -0.134. The highest BCUT2D eigenvalue weighted by Crippen LogP contribution is 2.34. The van der Waals surface area contributed by atoms with Gasteiger partial charge in [-0.05, 0) is 109 Å². The zero-order valence-corrected chi connectivity index (χ0v) is 34.4. The second-order valence-corrected chi connectivity index (χ2v) is 15.5. The fourth-order valence-electron chi connectivity index (χ4n) is 7.61. The number of nitrogens with one attached hydrogen (secondary N) is 4. The number of amides is 3. The Morgan fingerprint density at radius 2 is 1.62 bits per heavy atom. The Morgan fingerprint density at radius 1 is 0.879 bits per heavy atom. The number of hydrogen-bond acceptors (Lipinski definition) is 13. The molecule has 1 aromatic heterocycles. The average molecular weight is 855 g/mol. The quantitative estimate of drug-likeness (QED) is 0.0957. The summed E-state index contributed by atoms with van der Waals surface area (Å²) in [5.74, 6) is 1.98.